The van der Waals surface area contributed by atoms with Crippen LogP contribution in [0.3, 0.4) is 0 Å². The van der Waals surface area contributed by atoms with Crippen molar-refractivity contribution in [3.05, 3.63) is 95.7 Å². The lowest BCUT2D eigenvalue weighted by molar-refractivity contribution is 0.468. The summed E-state index contributed by atoms with van der Waals surface area (Å²) in [6, 6.07) is 17.7. The van der Waals surface area contributed by atoms with Crippen LogP contribution < -0.4 is 0 Å². The number of hydrogen-bond donors (Lipinski definition) is 1. The minimum Gasteiger partial charge on any atom is -0.505 e. The number of nitrogens with zero attached hydrogens (tertiary/aromatic N) is 3. The number of pyridine rings is 3. The largest absolute Gasteiger partial charge is 0.505 e. The number of fused-ring (bicyclic) bond motifs is 1. The molecule has 1 unspecified atom stereocenters. The number of phenolic OH excluding ortho intramolecular Hbond substituents is 1. The van der Waals surface area contributed by atoms with Gasteiger partial charge in [-0.1, -0.05) is 24.3 Å². The average Bonchev–Trinajstić information content (AvgIpc) is 2.68. The first-order chi connectivity index (χ1) is 12.7. The SMILES string of the molecule is Cc1ccnc(CC(c2ccccn2)c2ccc3cccnc3c2O)c1. The van der Waals surface area contributed by atoms with Crippen LogP contribution in [0.25, 0.3) is 10.9 Å². The summed E-state index contributed by atoms with van der Waals surface area (Å²) in [6.45, 7) is 2.05. The molecule has 4 nitrogen and oxygen atoms in total. The van der Waals surface area contributed by atoms with Gasteiger partial charge in [0.15, 0.2) is 0 Å². The quantitative estimate of drug-likeness (QED) is 0.597. The monoisotopic (exact) mass is 341 g/mol. The molecule has 0 aliphatic heterocycles. The Kier molecular flexibility index (Phi) is 4.32. The van der Waals surface area contributed by atoms with Crippen molar-refractivity contribution in [2.45, 2.75) is 19.3 Å². The number of hydrogen-bond acceptors (Lipinski definition) is 4. The summed E-state index contributed by atoms with van der Waals surface area (Å²) in [7, 11) is 0. The molecule has 0 saturated heterocycles. The maximum Gasteiger partial charge on any atom is 0.145 e. The van der Waals surface area contributed by atoms with Crippen molar-refractivity contribution in [2.75, 3.05) is 0 Å². The fourth-order valence-corrected chi connectivity index (χ4v) is 3.30. The fraction of sp³-hybridized carbons (Fsp3) is 0.136. The van der Waals surface area contributed by atoms with Gasteiger partial charge in [0.25, 0.3) is 0 Å². The lowest BCUT2D eigenvalue weighted by Gasteiger charge is -2.19. The predicted octanol–water partition coefficient (Wildman–Crippen LogP) is 4.41. The van der Waals surface area contributed by atoms with Crippen LogP contribution >= 0.6 is 0 Å². The molecular weight excluding hydrogens is 322 g/mol. The standard InChI is InChI=1S/C22H19N3O/c1-15-9-12-23-17(13-15)14-19(20-6-2-3-10-24-20)18-8-7-16-5-4-11-25-21(16)22(18)26/h2-13,19,26H,14H2,1H3. The first kappa shape index (κ1) is 16.2. The summed E-state index contributed by atoms with van der Waals surface area (Å²) in [5.74, 6) is 0.114. The highest BCUT2D eigenvalue weighted by Crippen LogP contribution is 2.36. The second kappa shape index (κ2) is 6.92. The van der Waals surface area contributed by atoms with Crippen LogP contribution in [0.1, 0.15) is 28.4 Å². The van der Waals surface area contributed by atoms with E-state index in [1.807, 2.05) is 54.7 Å². The molecule has 0 radical (unpaired) electrons. The topological polar surface area (TPSA) is 58.9 Å². The Labute approximate surface area is 152 Å². The lowest BCUT2D eigenvalue weighted by Crippen LogP contribution is -2.09. The Morgan fingerprint density at radius 2 is 1.77 bits per heavy atom. The van der Waals surface area contributed by atoms with Gasteiger partial charge in [0.2, 0.25) is 0 Å². The van der Waals surface area contributed by atoms with Crippen molar-refractivity contribution in [3.8, 4) is 5.75 Å². The van der Waals surface area contributed by atoms with E-state index in [-0.39, 0.29) is 11.7 Å². The molecule has 3 heterocycles. The van der Waals surface area contributed by atoms with Gasteiger partial charge in [0, 0.05) is 53.3 Å². The zero-order valence-corrected chi connectivity index (χ0v) is 14.5. The maximum absolute atomic E-state index is 10.9. The van der Waals surface area contributed by atoms with Crippen LogP contribution in [0.4, 0.5) is 0 Å². The summed E-state index contributed by atoms with van der Waals surface area (Å²) in [5.41, 5.74) is 4.48. The number of aromatic hydroxyl groups is 1. The number of aryl methyl sites for hydroxylation is 1. The molecule has 0 bridgehead atoms. The molecule has 0 aliphatic carbocycles. The van der Waals surface area contributed by atoms with Crippen molar-refractivity contribution < 1.29 is 5.11 Å². The van der Waals surface area contributed by atoms with E-state index >= 15 is 0 Å². The van der Waals surface area contributed by atoms with E-state index in [4.69, 9.17) is 0 Å². The first-order valence-corrected chi connectivity index (χ1v) is 8.61. The van der Waals surface area contributed by atoms with Gasteiger partial charge in [-0.05, 0) is 42.8 Å². The summed E-state index contributed by atoms with van der Waals surface area (Å²) in [5, 5.41) is 11.8. The zero-order chi connectivity index (χ0) is 17.9. The molecule has 0 amide bonds. The number of benzene rings is 1. The van der Waals surface area contributed by atoms with Crippen molar-refractivity contribution >= 4 is 10.9 Å². The molecule has 4 aromatic rings. The van der Waals surface area contributed by atoms with E-state index < -0.39 is 0 Å². The smallest absolute Gasteiger partial charge is 0.145 e. The molecule has 0 aliphatic rings. The molecule has 1 N–H and O–H groups in total. The highest BCUT2D eigenvalue weighted by Gasteiger charge is 2.22. The minimum atomic E-state index is -0.100. The molecule has 3 aromatic heterocycles. The van der Waals surface area contributed by atoms with E-state index in [0.717, 1.165) is 22.3 Å². The van der Waals surface area contributed by atoms with Gasteiger partial charge in [-0.3, -0.25) is 15.0 Å². The third kappa shape index (κ3) is 3.14. The molecule has 4 heteroatoms. The van der Waals surface area contributed by atoms with Gasteiger partial charge >= 0.3 is 0 Å². The third-order valence-electron chi connectivity index (χ3n) is 4.58. The number of phenols is 1. The molecule has 128 valence electrons. The lowest BCUT2D eigenvalue weighted by atomic mass is 9.88. The average molecular weight is 341 g/mol. The first-order valence-electron chi connectivity index (χ1n) is 8.61. The van der Waals surface area contributed by atoms with Gasteiger partial charge in [-0.15, -0.1) is 0 Å². The predicted molar refractivity (Wildman–Crippen MR) is 102 cm³/mol. The molecule has 26 heavy (non-hydrogen) atoms. The van der Waals surface area contributed by atoms with Crippen molar-refractivity contribution in [3.63, 3.8) is 0 Å². The maximum atomic E-state index is 10.9. The number of rotatable bonds is 4. The van der Waals surface area contributed by atoms with Crippen LogP contribution in [0.2, 0.25) is 0 Å². The normalized spacial score (nSPS) is 12.2. The molecule has 1 atom stereocenters. The van der Waals surface area contributed by atoms with Crippen LogP contribution in [-0.2, 0) is 6.42 Å². The Morgan fingerprint density at radius 3 is 2.58 bits per heavy atom. The van der Waals surface area contributed by atoms with E-state index in [9.17, 15) is 5.11 Å². The van der Waals surface area contributed by atoms with Gasteiger partial charge in [-0.2, -0.15) is 0 Å². The molecule has 0 saturated carbocycles. The van der Waals surface area contributed by atoms with Crippen molar-refractivity contribution in [2.24, 2.45) is 0 Å². The molecule has 4 rings (SSSR count). The van der Waals surface area contributed by atoms with E-state index in [2.05, 4.69) is 27.9 Å². The summed E-state index contributed by atoms with van der Waals surface area (Å²) < 4.78 is 0. The summed E-state index contributed by atoms with van der Waals surface area (Å²) in [4.78, 5) is 13.4. The molecule has 0 spiro atoms. The zero-order valence-electron chi connectivity index (χ0n) is 14.5. The van der Waals surface area contributed by atoms with Crippen LogP contribution in [0.15, 0.2) is 73.2 Å². The van der Waals surface area contributed by atoms with Gasteiger partial charge in [-0.25, -0.2) is 0 Å². The Hall–Kier alpha value is -3.27. The Bertz CT molecular complexity index is 1050. The number of aromatic nitrogens is 3. The van der Waals surface area contributed by atoms with Crippen molar-refractivity contribution in [1.29, 1.82) is 0 Å². The Morgan fingerprint density at radius 1 is 0.885 bits per heavy atom. The van der Waals surface area contributed by atoms with Gasteiger partial charge in [0.05, 0.1) is 0 Å². The van der Waals surface area contributed by atoms with E-state index in [1.165, 1.54) is 5.56 Å². The fourth-order valence-electron chi connectivity index (χ4n) is 3.30. The minimum absolute atomic E-state index is 0.100. The van der Waals surface area contributed by atoms with Gasteiger partial charge < -0.3 is 5.11 Å². The summed E-state index contributed by atoms with van der Waals surface area (Å²) >= 11 is 0. The van der Waals surface area contributed by atoms with Crippen LogP contribution in [0, 0.1) is 6.92 Å². The van der Waals surface area contributed by atoms with Gasteiger partial charge in [0.1, 0.15) is 11.3 Å². The van der Waals surface area contributed by atoms with Crippen molar-refractivity contribution in [1.82, 2.24) is 15.0 Å². The Balaban J connectivity index is 1.84. The highest BCUT2D eigenvalue weighted by molar-refractivity contribution is 5.85. The van der Waals surface area contributed by atoms with E-state index in [0.29, 0.717) is 11.9 Å². The van der Waals surface area contributed by atoms with Crippen LogP contribution in [-0.4, -0.2) is 20.1 Å². The summed E-state index contributed by atoms with van der Waals surface area (Å²) in [6.07, 6.45) is 5.96. The third-order valence-corrected chi connectivity index (χ3v) is 4.58. The molecular formula is C22H19N3O. The second-order valence-corrected chi connectivity index (χ2v) is 6.41. The van der Waals surface area contributed by atoms with E-state index in [1.54, 1.807) is 12.4 Å². The second-order valence-electron chi connectivity index (χ2n) is 6.41. The molecule has 1 aromatic carbocycles. The van der Waals surface area contributed by atoms with Crippen LogP contribution in [0.5, 0.6) is 5.75 Å². The molecule has 0 fully saturated rings. The highest BCUT2D eigenvalue weighted by atomic mass is 16.3.